The minimum Gasteiger partial charge on any atom is -0.480 e. The number of rotatable bonds is 36. The number of carboxylic acid groups (broad SMARTS) is 1. The van der Waals surface area contributed by atoms with E-state index in [0.717, 1.165) is 49.2 Å². The molecule has 5 aromatic heterocycles. The molecule has 0 aliphatic heterocycles. The minimum atomic E-state index is -1.47. The zero-order valence-corrected chi connectivity index (χ0v) is 54.4. The number of fused-ring (bicyclic) bond motifs is 4. The van der Waals surface area contributed by atoms with Crippen LogP contribution in [-0.2, 0) is 75.3 Å². The Morgan fingerprint density at radius 2 is 0.888 bits per heavy atom. The number of aliphatic carboxylic acids is 1. The quantitative estimate of drug-likeness (QED) is 0.0151. The van der Waals surface area contributed by atoms with Crippen molar-refractivity contribution in [3.8, 4) is 0 Å². The van der Waals surface area contributed by atoms with Crippen molar-refractivity contribution in [3.05, 3.63) is 162 Å². The monoisotopic (exact) mass is 1340 g/mol. The molecule has 0 aliphatic carbocycles. The summed E-state index contributed by atoms with van der Waals surface area (Å²) in [5.74, 6) is -8.50. The van der Waals surface area contributed by atoms with Crippen LogP contribution in [0.4, 0.5) is 0 Å². The summed E-state index contributed by atoms with van der Waals surface area (Å²) in [5.41, 5.74) is 24.1. The molecular formula is C69H85N19O10. The predicted octanol–water partition coefficient (Wildman–Crippen LogP) is 1.82. The molecule has 0 unspecified atom stereocenters. The Morgan fingerprint density at radius 3 is 1.34 bits per heavy atom. The van der Waals surface area contributed by atoms with Crippen molar-refractivity contribution in [2.24, 2.45) is 23.1 Å². The van der Waals surface area contributed by atoms with Gasteiger partial charge in [-0.25, -0.2) is 9.78 Å². The second-order valence-corrected chi connectivity index (χ2v) is 24.6. The summed E-state index contributed by atoms with van der Waals surface area (Å²) in [5, 5.41) is 45.9. The third-order valence-electron chi connectivity index (χ3n) is 17.1. The highest BCUT2D eigenvalue weighted by atomic mass is 16.4. The fourth-order valence-electron chi connectivity index (χ4n) is 11.9. The van der Waals surface area contributed by atoms with Crippen molar-refractivity contribution >= 4 is 103 Å². The van der Waals surface area contributed by atoms with E-state index in [0.29, 0.717) is 35.2 Å². The maximum atomic E-state index is 15.3. The molecule has 0 saturated carbocycles. The van der Waals surface area contributed by atoms with Crippen LogP contribution in [0.1, 0.15) is 73.9 Å². The highest BCUT2D eigenvalue weighted by molar-refractivity contribution is 5.99. The lowest BCUT2D eigenvalue weighted by molar-refractivity contribution is -0.142. The zero-order chi connectivity index (χ0) is 69.8. The van der Waals surface area contributed by atoms with E-state index >= 15 is 14.4 Å². The molecule has 0 radical (unpaired) electrons. The van der Waals surface area contributed by atoms with Gasteiger partial charge in [0.2, 0.25) is 47.3 Å². The number of carbonyl (C=O) groups excluding carboxylic acids is 8. The van der Waals surface area contributed by atoms with Crippen LogP contribution in [0, 0.1) is 11.3 Å². The van der Waals surface area contributed by atoms with Gasteiger partial charge in [-0.2, -0.15) is 0 Å². The maximum absolute atomic E-state index is 15.3. The van der Waals surface area contributed by atoms with Gasteiger partial charge in [0, 0.05) is 113 Å². The van der Waals surface area contributed by atoms with Gasteiger partial charge >= 0.3 is 5.97 Å². The lowest BCUT2D eigenvalue weighted by Gasteiger charge is -2.28. The van der Waals surface area contributed by atoms with Crippen LogP contribution < -0.4 is 65.1 Å². The molecule has 22 N–H and O–H groups in total. The van der Waals surface area contributed by atoms with E-state index in [9.17, 15) is 33.9 Å². The van der Waals surface area contributed by atoms with Crippen LogP contribution in [0.25, 0.3) is 43.6 Å². The Kier molecular flexibility index (Phi) is 24.5. The predicted molar refractivity (Wildman–Crippen MR) is 369 cm³/mol. The number of carboxylic acids is 1. The number of nitrogens with one attached hydrogen (secondary N) is 15. The van der Waals surface area contributed by atoms with Crippen LogP contribution in [-0.4, -0.2) is 162 Å². The van der Waals surface area contributed by atoms with E-state index in [1.54, 1.807) is 44.7 Å². The van der Waals surface area contributed by atoms with Gasteiger partial charge < -0.3 is 95.1 Å². The first-order chi connectivity index (χ1) is 47.2. The van der Waals surface area contributed by atoms with E-state index in [2.05, 4.69) is 77.8 Å². The molecule has 4 aromatic carbocycles. The first kappa shape index (κ1) is 71.0. The van der Waals surface area contributed by atoms with Crippen molar-refractivity contribution in [1.82, 2.24) is 77.8 Å². The first-order valence-corrected chi connectivity index (χ1v) is 32.6. The van der Waals surface area contributed by atoms with E-state index < -0.39 is 114 Å². The molecule has 29 nitrogen and oxygen atoms in total. The van der Waals surface area contributed by atoms with Gasteiger partial charge in [0.15, 0.2) is 5.96 Å². The summed E-state index contributed by atoms with van der Waals surface area (Å²) < 4.78 is 0. The average molecular weight is 1340 g/mol. The van der Waals surface area contributed by atoms with Gasteiger partial charge in [-0.15, -0.1) is 0 Å². The highest BCUT2D eigenvalue weighted by Gasteiger charge is 2.36. The zero-order valence-electron chi connectivity index (χ0n) is 54.4. The Bertz CT molecular complexity index is 4270. The first-order valence-electron chi connectivity index (χ1n) is 32.6. The standard InChI is InChI=1S/C69H85N19O10/c1-38(2)60(88-59(89)36-80-62(91)57(30-43-35-74-37-81-43)84-61(90)48(71)26-39-31-76-49-18-7-3-14-44(39)49)67(96)83-54(23-13-25-75-69(72)73)63(92)85-56(28-41-33-78-51-20-9-5-16-46(41)51)66(95)86-55(27-40-32-77-50-19-8-4-15-45(40)50)65(94)82-53(22-11-12-24-70)64(93)87-58(68(97)98)29-42-34-79-52-21-10-6-17-47(42)52/h3-10,14-21,31-35,37-38,48,53-58,60,76-79H,11-13,22-30,36,70-71H2,1-2H3,(H,74,81)(H,80,91)(H,82,94)(H,83,96)(H,84,90)(H,85,92)(H,86,95)(H,87,93)(H,88,89)(H,97,98)(H4,72,73,75)/t48-,53-,54-,55-,56-,57-,58-,60-/m0/s1. The summed E-state index contributed by atoms with van der Waals surface area (Å²) in [6, 6.07) is 18.9. The minimum absolute atomic E-state index is 0.0461. The molecule has 8 amide bonds. The number of hydrogen-bond acceptors (Lipinski definition) is 13. The van der Waals surface area contributed by atoms with Crippen molar-refractivity contribution in [2.45, 2.75) is 126 Å². The SMILES string of the molecule is CC(C)[C@H](NC(=O)CNC(=O)[C@H](Cc1cnc[nH]1)NC(=O)[C@@H](N)Cc1c[nH]c2ccccc12)C(=O)N[C@@H](CCCNC(=N)N)C(=O)N[C@@H](Cc1c[nH]c2ccccc12)C(=O)N[C@@H](Cc1c[nH]c2ccccc12)C(=O)N[C@@H](CCCCN)C(=O)N[C@@H](Cc1c[nH]c2ccccc12)C(=O)O. The van der Waals surface area contributed by atoms with E-state index in [-0.39, 0.29) is 70.4 Å². The molecule has 0 spiro atoms. The summed E-state index contributed by atoms with van der Waals surface area (Å²) >= 11 is 0. The molecule has 516 valence electrons. The fourth-order valence-corrected chi connectivity index (χ4v) is 11.9. The number of nitrogens with zero attached hydrogens (tertiary/aromatic N) is 1. The number of guanidine groups is 1. The second kappa shape index (κ2) is 33.9. The molecule has 29 heteroatoms. The summed E-state index contributed by atoms with van der Waals surface area (Å²) in [6.07, 6.45) is 10.4. The molecule has 5 heterocycles. The molecule has 98 heavy (non-hydrogen) atoms. The van der Waals surface area contributed by atoms with Crippen LogP contribution >= 0.6 is 0 Å². The maximum Gasteiger partial charge on any atom is 0.326 e. The molecule has 9 rings (SSSR count). The lowest BCUT2D eigenvalue weighted by Crippen LogP contribution is -2.60. The molecule has 8 atom stereocenters. The lowest BCUT2D eigenvalue weighted by atomic mass is 10.00. The van der Waals surface area contributed by atoms with E-state index in [1.165, 1.54) is 12.5 Å². The van der Waals surface area contributed by atoms with Gasteiger partial charge in [-0.1, -0.05) is 86.6 Å². The Morgan fingerprint density at radius 1 is 0.480 bits per heavy atom. The fraction of sp³-hybridized carbons (Fsp3) is 0.348. The second-order valence-electron chi connectivity index (χ2n) is 24.6. The van der Waals surface area contributed by atoms with Gasteiger partial charge in [-0.3, -0.25) is 43.8 Å². The number of hydrogen-bond donors (Lipinski definition) is 19. The number of amides is 8. The van der Waals surface area contributed by atoms with Crippen LogP contribution in [0.5, 0.6) is 0 Å². The number of unbranched alkanes of at least 4 members (excludes halogenated alkanes) is 1. The van der Waals surface area contributed by atoms with Gasteiger partial charge in [0.05, 0.1) is 18.9 Å². The largest absolute Gasteiger partial charge is 0.480 e. The topological polar surface area (TPSA) is 476 Å². The van der Waals surface area contributed by atoms with E-state index in [4.69, 9.17) is 22.6 Å². The van der Waals surface area contributed by atoms with Crippen LogP contribution in [0.2, 0.25) is 0 Å². The summed E-state index contributed by atoms with van der Waals surface area (Å²) in [7, 11) is 0. The third-order valence-corrected chi connectivity index (χ3v) is 17.1. The van der Waals surface area contributed by atoms with Gasteiger partial charge in [0.25, 0.3) is 0 Å². The highest BCUT2D eigenvalue weighted by Crippen LogP contribution is 2.24. The van der Waals surface area contributed by atoms with Gasteiger partial charge in [0.1, 0.15) is 42.3 Å². The van der Waals surface area contributed by atoms with Crippen LogP contribution in [0.15, 0.2) is 134 Å². The molecule has 0 aliphatic rings. The molecule has 0 saturated heterocycles. The normalized spacial score (nSPS) is 13.9. The van der Waals surface area contributed by atoms with Crippen molar-refractivity contribution in [3.63, 3.8) is 0 Å². The van der Waals surface area contributed by atoms with E-state index in [1.807, 2.05) is 91.0 Å². The number of benzene rings is 4. The van der Waals surface area contributed by atoms with Crippen molar-refractivity contribution in [2.75, 3.05) is 19.6 Å². The Labute approximate surface area is 563 Å². The number of aromatic amines is 5. The Balaban J connectivity index is 0.928. The van der Waals surface area contributed by atoms with Crippen LogP contribution in [0.3, 0.4) is 0 Å². The number of aromatic nitrogens is 6. The summed E-state index contributed by atoms with van der Waals surface area (Å²) in [4.78, 5) is 148. The smallest absolute Gasteiger partial charge is 0.326 e. The number of para-hydroxylation sites is 4. The molecule has 0 fully saturated rings. The summed E-state index contributed by atoms with van der Waals surface area (Å²) in [6.45, 7) is 3.03. The molecule has 9 aromatic rings. The third kappa shape index (κ3) is 19.0. The number of carbonyl (C=O) groups is 9. The Hall–Kier alpha value is -11.3. The number of H-pyrrole nitrogens is 5. The number of imidazole rings is 1. The molecule has 0 bridgehead atoms. The number of nitrogens with two attached hydrogens (primary N) is 3. The molecular weight excluding hydrogens is 1250 g/mol. The van der Waals surface area contributed by atoms with Crippen molar-refractivity contribution < 1.29 is 48.3 Å². The van der Waals surface area contributed by atoms with Crippen molar-refractivity contribution in [1.29, 1.82) is 5.41 Å². The average Bonchev–Trinajstić information content (AvgIpc) is 1.63. The van der Waals surface area contributed by atoms with Gasteiger partial charge in [-0.05, 0) is 97.5 Å².